The van der Waals surface area contributed by atoms with Crippen molar-refractivity contribution >= 4 is 68.7 Å². The van der Waals surface area contributed by atoms with E-state index in [2.05, 4.69) is 57.7 Å². The van der Waals surface area contributed by atoms with Gasteiger partial charge in [0.15, 0.2) is 5.82 Å². The highest BCUT2D eigenvalue weighted by molar-refractivity contribution is 6.42. The van der Waals surface area contributed by atoms with Gasteiger partial charge in [0, 0.05) is 55.6 Å². The molecule has 0 bridgehead atoms. The second kappa shape index (κ2) is 14.6. The van der Waals surface area contributed by atoms with Gasteiger partial charge < -0.3 is 15.5 Å². The van der Waals surface area contributed by atoms with Crippen molar-refractivity contribution in [3.63, 3.8) is 0 Å². The van der Waals surface area contributed by atoms with Crippen LogP contribution >= 0.6 is 34.8 Å². The van der Waals surface area contributed by atoms with Crippen LogP contribution in [-0.2, 0) is 0 Å². The fourth-order valence-corrected chi connectivity index (χ4v) is 6.90. The minimum atomic E-state index is -0.766. The summed E-state index contributed by atoms with van der Waals surface area (Å²) in [5.74, 6) is -0.906. The molecule has 1 atom stereocenters. The van der Waals surface area contributed by atoms with Crippen LogP contribution in [0.25, 0.3) is 10.9 Å². The van der Waals surface area contributed by atoms with Gasteiger partial charge in [-0.15, -0.1) is 5.10 Å². The maximum Gasteiger partial charge on any atom is 0.253 e. The summed E-state index contributed by atoms with van der Waals surface area (Å²) in [5, 5.41) is 26.3. The maximum atomic E-state index is 15.2. The molecule has 1 amide bonds. The molecule has 6 rings (SSSR count). The molecule has 14 heteroatoms. The summed E-state index contributed by atoms with van der Waals surface area (Å²) in [5.41, 5.74) is 3.44. The van der Waals surface area contributed by atoms with Crippen molar-refractivity contribution in [1.82, 2.24) is 29.8 Å². The molecule has 0 spiro atoms. The minimum Gasteiger partial charge on any atom is -0.373 e. The number of piperidine rings is 1. The fraction of sp³-hybridized carbons (Fsp3) is 0.324. The Balaban J connectivity index is 1.41. The smallest absolute Gasteiger partial charge is 0.253 e. The summed E-state index contributed by atoms with van der Waals surface area (Å²) in [4.78, 5) is 21.4. The van der Waals surface area contributed by atoms with E-state index in [1.54, 1.807) is 32.3 Å². The number of carbonyl (C=O) groups excluding carboxylic acids is 1. The van der Waals surface area contributed by atoms with Gasteiger partial charge in [-0.2, -0.15) is 5.26 Å². The van der Waals surface area contributed by atoms with E-state index in [0.717, 1.165) is 31.5 Å². The van der Waals surface area contributed by atoms with Crippen LogP contribution in [0.4, 0.5) is 21.5 Å². The van der Waals surface area contributed by atoms with Crippen molar-refractivity contribution < 1.29 is 9.18 Å². The summed E-state index contributed by atoms with van der Waals surface area (Å²) >= 11 is 18.9. The standard InChI is InChI=1S/C37H37Cl3FN9O/c1-37(2,3)49-13-11-25(12-14-49)50-20-30(46-47-50)34(21-7-6-8-22(15-21)36(51)48(4)5)44-24-16-26-33(23(18-42)19-43-35(26)28(39)17-24)45-29-10-9-27(38)31(40)32(29)41/h6-10,15-17,19-20,25,34,44H,11-14H2,1-5H3,(H,43,45). The van der Waals surface area contributed by atoms with Crippen molar-refractivity contribution in [2.45, 2.75) is 51.2 Å². The molecular weight excluding hydrogens is 712 g/mol. The van der Waals surface area contributed by atoms with E-state index in [9.17, 15) is 10.1 Å². The summed E-state index contributed by atoms with van der Waals surface area (Å²) in [7, 11) is 3.41. The summed E-state index contributed by atoms with van der Waals surface area (Å²) in [6.45, 7) is 8.60. The van der Waals surface area contributed by atoms with Crippen LogP contribution in [0.1, 0.15) is 72.9 Å². The van der Waals surface area contributed by atoms with Crippen LogP contribution < -0.4 is 10.6 Å². The number of anilines is 3. The number of rotatable bonds is 8. The molecule has 5 aromatic rings. The first-order valence-corrected chi connectivity index (χ1v) is 17.6. The topological polar surface area (TPSA) is 115 Å². The molecule has 3 heterocycles. The van der Waals surface area contributed by atoms with Crippen LogP contribution in [0, 0.1) is 17.1 Å². The lowest BCUT2D eigenvalue weighted by Crippen LogP contribution is -2.46. The Morgan fingerprint density at radius 3 is 2.51 bits per heavy atom. The zero-order valence-electron chi connectivity index (χ0n) is 28.8. The number of benzene rings is 3. The average molecular weight is 749 g/mol. The average Bonchev–Trinajstić information content (AvgIpc) is 3.60. The highest BCUT2D eigenvalue weighted by atomic mass is 35.5. The third-order valence-corrected chi connectivity index (χ3v) is 10.2. The Labute approximate surface area is 311 Å². The molecule has 1 aliphatic heterocycles. The number of carbonyl (C=O) groups is 1. The Hall–Kier alpha value is -4.47. The molecule has 0 aliphatic carbocycles. The second-order valence-electron chi connectivity index (χ2n) is 13.8. The fourth-order valence-electron chi connectivity index (χ4n) is 6.33. The minimum absolute atomic E-state index is 0.0214. The Bertz CT molecular complexity index is 2150. The van der Waals surface area contributed by atoms with Crippen molar-refractivity contribution in [3.8, 4) is 6.07 Å². The van der Waals surface area contributed by atoms with Crippen LogP contribution in [0.15, 0.2) is 60.9 Å². The quantitative estimate of drug-likeness (QED) is 0.151. The van der Waals surface area contributed by atoms with Crippen molar-refractivity contribution in [3.05, 3.63) is 104 Å². The number of hydrogen-bond acceptors (Lipinski definition) is 8. The molecule has 2 aromatic heterocycles. The van der Waals surface area contributed by atoms with E-state index >= 15 is 4.39 Å². The molecule has 1 fully saturated rings. The lowest BCUT2D eigenvalue weighted by atomic mass is 9.98. The maximum absolute atomic E-state index is 15.2. The van der Waals surface area contributed by atoms with Crippen LogP contribution in [0.3, 0.4) is 0 Å². The normalized spacial score (nSPS) is 14.7. The van der Waals surface area contributed by atoms with Gasteiger partial charge >= 0.3 is 0 Å². The van der Waals surface area contributed by atoms with E-state index in [4.69, 9.17) is 34.8 Å². The number of nitriles is 1. The second-order valence-corrected chi connectivity index (χ2v) is 15.0. The van der Waals surface area contributed by atoms with Crippen LogP contribution in [0.2, 0.25) is 15.1 Å². The monoisotopic (exact) mass is 747 g/mol. The predicted molar refractivity (Wildman–Crippen MR) is 201 cm³/mol. The molecule has 0 radical (unpaired) electrons. The van der Waals surface area contributed by atoms with E-state index in [1.165, 1.54) is 23.2 Å². The third-order valence-electron chi connectivity index (χ3n) is 9.14. The number of hydrogen-bond donors (Lipinski definition) is 2. The molecule has 0 saturated carbocycles. The molecule has 264 valence electrons. The number of amides is 1. The molecule has 1 aliphatic rings. The van der Waals surface area contributed by atoms with Crippen molar-refractivity contribution in [2.75, 3.05) is 37.8 Å². The Morgan fingerprint density at radius 1 is 1.08 bits per heavy atom. The van der Waals surface area contributed by atoms with Gasteiger partial charge in [-0.05, 0) is 75.6 Å². The first kappa shape index (κ1) is 36.3. The molecule has 1 saturated heterocycles. The molecular formula is C37H37Cl3FN9O. The third kappa shape index (κ3) is 7.60. The molecule has 2 N–H and O–H groups in total. The highest BCUT2D eigenvalue weighted by Crippen LogP contribution is 2.39. The van der Waals surface area contributed by atoms with E-state index in [-0.39, 0.29) is 44.5 Å². The van der Waals surface area contributed by atoms with Crippen molar-refractivity contribution in [1.29, 1.82) is 5.26 Å². The van der Waals surface area contributed by atoms with E-state index in [1.807, 2.05) is 29.1 Å². The van der Waals surface area contributed by atoms with Gasteiger partial charge in [0.05, 0.1) is 55.8 Å². The first-order valence-electron chi connectivity index (χ1n) is 16.4. The van der Waals surface area contributed by atoms with Gasteiger partial charge in [-0.1, -0.05) is 52.1 Å². The highest BCUT2D eigenvalue weighted by Gasteiger charge is 2.29. The Kier molecular flexibility index (Phi) is 10.4. The van der Waals surface area contributed by atoms with Crippen molar-refractivity contribution in [2.24, 2.45) is 0 Å². The first-order chi connectivity index (χ1) is 24.2. The summed E-state index contributed by atoms with van der Waals surface area (Å²) < 4.78 is 17.1. The van der Waals surface area contributed by atoms with Crippen LogP contribution in [0.5, 0.6) is 0 Å². The number of likely N-dealkylation sites (tertiary alicyclic amines) is 1. The molecule has 51 heavy (non-hydrogen) atoms. The molecule has 3 aromatic carbocycles. The van der Waals surface area contributed by atoms with Gasteiger partial charge in [-0.3, -0.25) is 14.7 Å². The van der Waals surface area contributed by atoms with Gasteiger partial charge in [0.2, 0.25) is 0 Å². The largest absolute Gasteiger partial charge is 0.373 e. The SMILES string of the molecule is CN(C)C(=O)c1cccc(C(Nc2cc(Cl)c3ncc(C#N)c(Nc4ccc(Cl)c(Cl)c4F)c3c2)c2cn(C3CCN(C(C)(C)C)CC3)nn2)c1. The zero-order chi connectivity index (χ0) is 36.6. The number of aromatic nitrogens is 4. The Morgan fingerprint density at radius 2 is 1.82 bits per heavy atom. The van der Waals surface area contributed by atoms with Gasteiger partial charge in [0.25, 0.3) is 5.91 Å². The summed E-state index contributed by atoms with van der Waals surface area (Å²) in [6.07, 6.45) is 5.20. The van der Waals surface area contributed by atoms with Gasteiger partial charge in [-0.25, -0.2) is 9.07 Å². The number of pyridine rings is 1. The molecule has 10 nitrogen and oxygen atoms in total. The van der Waals surface area contributed by atoms with E-state index in [0.29, 0.717) is 32.9 Å². The number of halogens is 4. The van der Waals surface area contributed by atoms with E-state index < -0.39 is 11.9 Å². The number of fused-ring (bicyclic) bond motifs is 1. The van der Waals surface area contributed by atoms with Crippen LogP contribution in [-0.4, -0.2) is 68.4 Å². The zero-order valence-corrected chi connectivity index (χ0v) is 31.1. The lowest BCUT2D eigenvalue weighted by molar-refractivity contribution is 0.0827. The lowest BCUT2D eigenvalue weighted by Gasteiger charge is -2.40. The predicted octanol–water partition coefficient (Wildman–Crippen LogP) is 8.88. The molecule has 1 unspecified atom stereocenters. The van der Waals surface area contributed by atoms with Gasteiger partial charge in [0.1, 0.15) is 11.8 Å². The summed E-state index contributed by atoms with van der Waals surface area (Å²) in [6, 6.07) is 15.5. The number of nitrogens with one attached hydrogen (secondary N) is 2. The number of nitrogens with zero attached hydrogens (tertiary/aromatic N) is 7.